The highest BCUT2D eigenvalue weighted by molar-refractivity contribution is 5.30. The lowest BCUT2D eigenvalue weighted by Crippen LogP contribution is -2.42. The first-order valence-corrected chi connectivity index (χ1v) is 4.42. The van der Waals surface area contributed by atoms with Crippen molar-refractivity contribution >= 4 is 0 Å². The molecule has 1 aliphatic carbocycles. The number of rotatable bonds is 1. The molecule has 0 saturated heterocycles. The van der Waals surface area contributed by atoms with Gasteiger partial charge in [-0.1, -0.05) is 19.1 Å². The van der Waals surface area contributed by atoms with Crippen LogP contribution in [-0.4, -0.2) is 12.3 Å². The fraction of sp³-hybridized carbons (Fsp3) is 0.600. The molecular formula is C10H12F4. The lowest BCUT2D eigenvalue weighted by Gasteiger charge is -2.33. The van der Waals surface area contributed by atoms with E-state index >= 15 is 0 Å². The first kappa shape index (κ1) is 11.3. The Morgan fingerprint density at radius 2 is 2.00 bits per heavy atom. The molecule has 0 saturated carbocycles. The van der Waals surface area contributed by atoms with E-state index in [-0.39, 0.29) is 0 Å². The molecule has 0 aliphatic heterocycles. The average molecular weight is 208 g/mol. The third kappa shape index (κ3) is 1.70. The molecule has 4 heteroatoms. The highest BCUT2D eigenvalue weighted by atomic mass is 19.4. The smallest absolute Gasteiger partial charge is 0.242 e. The minimum absolute atomic E-state index is 0.546. The zero-order valence-electron chi connectivity index (χ0n) is 8.03. The maximum absolute atomic E-state index is 13.3. The minimum Gasteiger partial charge on any atom is -0.242 e. The van der Waals surface area contributed by atoms with Gasteiger partial charge in [-0.2, -0.15) is 13.2 Å². The second kappa shape index (κ2) is 3.41. The van der Waals surface area contributed by atoms with Crippen molar-refractivity contribution in [2.75, 3.05) is 0 Å². The maximum atomic E-state index is 13.3. The van der Waals surface area contributed by atoms with Gasteiger partial charge in [0.25, 0.3) is 0 Å². The molecule has 2 atom stereocenters. The maximum Gasteiger partial charge on any atom is 0.400 e. The highest BCUT2D eigenvalue weighted by Crippen LogP contribution is 2.46. The van der Waals surface area contributed by atoms with Crippen molar-refractivity contribution in [3.63, 3.8) is 0 Å². The number of hydrogen-bond acceptors (Lipinski definition) is 0. The van der Waals surface area contributed by atoms with E-state index in [0.29, 0.717) is 12.0 Å². The quantitative estimate of drug-likeness (QED) is 0.575. The Bertz CT molecular complexity index is 274. The van der Waals surface area contributed by atoms with Crippen LogP contribution >= 0.6 is 0 Å². The van der Waals surface area contributed by atoms with Crippen LogP contribution in [0.5, 0.6) is 0 Å². The van der Waals surface area contributed by atoms with Gasteiger partial charge in [0.05, 0.1) is 0 Å². The van der Waals surface area contributed by atoms with Crippen molar-refractivity contribution in [1.29, 1.82) is 0 Å². The molecule has 0 aromatic rings. The molecule has 0 nitrogen and oxygen atoms in total. The summed E-state index contributed by atoms with van der Waals surface area (Å²) >= 11 is 0. The van der Waals surface area contributed by atoms with E-state index in [0.717, 1.165) is 19.1 Å². The number of halogens is 4. The van der Waals surface area contributed by atoms with Gasteiger partial charge >= 0.3 is 6.18 Å². The molecule has 14 heavy (non-hydrogen) atoms. The van der Waals surface area contributed by atoms with Gasteiger partial charge in [-0.25, -0.2) is 4.39 Å². The second-order valence-electron chi connectivity index (χ2n) is 3.61. The van der Waals surface area contributed by atoms with Crippen molar-refractivity contribution in [3.05, 3.63) is 23.8 Å². The molecule has 0 fully saturated rings. The molecule has 0 bridgehead atoms. The molecule has 0 aromatic carbocycles. The summed E-state index contributed by atoms with van der Waals surface area (Å²) in [7, 11) is 0. The average Bonchev–Trinajstić information content (AvgIpc) is 2.08. The van der Waals surface area contributed by atoms with Crippen molar-refractivity contribution < 1.29 is 17.6 Å². The molecular weight excluding hydrogens is 196 g/mol. The van der Waals surface area contributed by atoms with E-state index in [9.17, 15) is 17.6 Å². The van der Waals surface area contributed by atoms with Crippen LogP contribution in [0.3, 0.4) is 0 Å². The Labute approximate surface area is 80.3 Å². The zero-order chi connectivity index (χ0) is 11.0. The van der Waals surface area contributed by atoms with Gasteiger partial charge < -0.3 is 0 Å². The predicted molar refractivity (Wildman–Crippen MR) is 46.6 cm³/mol. The Hall–Kier alpha value is -0.800. The molecule has 80 valence electrons. The van der Waals surface area contributed by atoms with Crippen molar-refractivity contribution in [2.24, 2.45) is 5.41 Å². The van der Waals surface area contributed by atoms with Gasteiger partial charge in [0.15, 0.2) is 0 Å². The van der Waals surface area contributed by atoms with Gasteiger partial charge in [-0.3, -0.25) is 0 Å². The molecule has 1 aliphatic rings. The summed E-state index contributed by atoms with van der Waals surface area (Å²) in [5, 5.41) is 0. The number of hydrogen-bond donors (Lipinski definition) is 0. The Morgan fingerprint density at radius 1 is 1.43 bits per heavy atom. The minimum atomic E-state index is -4.54. The van der Waals surface area contributed by atoms with E-state index in [2.05, 4.69) is 0 Å². The summed E-state index contributed by atoms with van der Waals surface area (Å²) in [4.78, 5) is 0. The van der Waals surface area contributed by atoms with Crippen molar-refractivity contribution in [2.45, 2.75) is 32.6 Å². The SMILES string of the molecule is CCC1=CC(F)C(C)(C(F)(F)F)C=C1. The van der Waals surface area contributed by atoms with Crippen LogP contribution in [0.25, 0.3) is 0 Å². The number of allylic oxidation sites excluding steroid dienone is 4. The van der Waals surface area contributed by atoms with E-state index < -0.39 is 17.8 Å². The molecule has 0 radical (unpaired) electrons. The van der Waals surface area contributed by atoms with Gasteiger partial charge in [-0.05, 0) is 25.0 Å². The predicted octanol–water partition coefficient (Wildman–Crippen LogP) is 3.80. The fourth-order valence-electron chi connectivity index (χ4n) is 1.28. The lowest BCUT2D eigenvalue weighted by atomic mass is 9.79. The van der Waals surface area contributed by atoms with Crippen LogP contribution in [0.2, 0.25) is 0 Å². The summed E-state index contributed by atoms with van der Waals surface area (Å²) < 4.78 is 50.8. The van der Waals surface area contributed by atoms with Gasteiger partial charge in [0.2, 0.25) is 0 Å². The van der Waals surface area contributed by atoms with Crippen molar-refractivity contribution in [1.82, 2.24) is 0 Å². The summed E-state index contributed by atoms with van der Waals surface area (Å²) in [5.41, 5.74) is -1.76. The van der Waals surface area contributed by atoms with Crippen LogP contribution in [0, 0.1) is 5.41 Å². The third-order valence-corrected chi connectivity index (χ3v) is 2.60. The highest BCUT2D eigenvalue weighted by Gasteiger charge is 2.55. The zero-order valence-corrected chi connectivity index (χ0v) is 8.03. The Morgan fingerprint density at radius 3 is 2.36 bits per heavy atom. The summed E-state index contributed by atoms with van der Waals surface area (Å²) in [5.74, 6) is 0. The van der Waals surface area contributed by atoms with E-state index in [1.165, 1.54) is 6.08 Å². The number of alkyl halides is 4. The molecule has 0 aromatic heterocycles. The Balaban J connectivity index is 2.99. The molecule has 0 heterocycles. The fourth-order valence-corrected chi connectivity index (χ4v) is 1.28. The van der Waals surface area contributed by atoms with Crippen molar-refractivity contribution in [3.8, 4) is 0 Å². The second-order valence-corrected chi connectivity index (χ2v) is 3.61. The molecule has 2 unspecified atom stereocenters. The van der Waals surface area contributed by atoms with Gasteiger partial charge in [0, 0.05) is 0 Å². The topological polar surface area (TPSA) is 0 Å². The first-order valence-electron chi connectivity index (χ1n) is 4.42. The molecule has 1 rings (SSSR count). The monoisotopic (exact) mass is 208 g/mol. The first-order chi connectivity index (χ1) is 6.31. The summed E-state index contributed by atoms with van der Waals surface area (Å²) in [6.07, 6.45) is -2.67. The van der Waals surface area contributed by atoms with Gasteiger partial charge in [0.1, 0.15) is 11.6 Å². The molecule has 0 N–H and O–H groups in total. The van der Waals surface area contributed by atoms with E-state index in [4.69, 9.17) is 0 Å². The Kier molecular flexibility index (Phi) is 2.74. The summed E-state index contributed by atoms with van der Waals surface area (Å²) in [6, 6.07) is 0. The van der Waals surface area contributed by atoms with Crippen LogP contribution in [0.4, 0.5) is 17.6 Å². The van der Waals surface area contributed by atoms with E-state index in [1.54, 1.807) is 6.92 Å². The normalized spacial score (nSPS) is 33.0. The van der Waals surface area contributed by atoms with Crippen LogP contribution in [-0.2, 0) is 0 Å². The van der Waals surface area contributed by atoms with Crippen LogP contribution in [0.15, 0.2) is 23.8 Å². The van der Waals surface area contributed by atoms with Crippen LogP contribution < -0.4 is 0 Å². The van der Waals surface area contributed by atoms with Gasteiger partial charge in [-0.15, -0.1) is 0 Å². The third-order valence-electron chi connectivity index (χ3n) is 2.60. The largest absolute Gasteiger partial charge is 0.400 e. The molecule has 0 spiro atoms. The van der Waals surface area contributed by atoms with E-state index in [1.807, 2.05) is 0 Å². The lowest BCUT2D eigenvalue weighted by molar-refractivity contribution is -0.213. The standard InChI is InChI=1S/C10H12F4/c1-3-7-4-5-9(2,8(11)6-7)10(12,13)14/h4-6,8H,3H2,1-2H3. The van der Waals surface area contributed by atoms with Crippen LogP contribution in [0.1, 0.15) is 20.3 Å². The molecule has 0 amide bonds. The summed E-state index contributed by atoms with van der Waals surface area (Å²) in [6.45, 7) is 2.65.